The fourth-order valence-electron chi connectivity index (χ4n) is 7.32. The maximum absolute atomic E-state index is 12.3. The highest BCUT2D eigenvalue weighted by molar-refractivity contribution is 7.89. The summed E-state index contributed by atoms with van der Waals surface area (Å²) in [6.45, 7) is 14.4. The molecule has 4 aromatic heterocycles. The molecule has 0 bridgehead atoms. The summed E-state index contributed by atoms with van der Waals surface area (Å²) < 4.78 is 24.5. The number of benzene rings is 5. The lowest BCUT2D eigenvalue weighted by Gasteiger charge is -2.12. The van der Waals surface area contributed by atoms with E-state index in [2.05, 4.69) is 120 Å². The summed E-state index contributed by atoms with van der Waals surface area (Å²) in [7, 11) is -3.72. The number of Topliss-reactive ketones (excluding diaryl/α,β-unsaturated/α-hetero) is 1. The smallest absolute Gasteiger partial charge is 0.238 e. The van der Waals surface area contributed by atoms with E-state index < -0.39 is 10.0 Å². The number of aryl methyl sites for hydroxylation is 3. The number of sulfonamides is 1. The molecule has 13 heteroatoms. The van der Waals surface area contributed by atoms with Crippen LogP contribution in [0.25, 0.3) is 28.2 Å². The first-order valence-electron chi connectivity index (χ1n) is 22.1. The quantitative estimate of drug-likeness (QED) is 0.0870. The van der Waals surface area contributed by atoms with Crippen molar-refractivity contribution >= 4 is 90.6 Å². The first-order chi connectivity index (χ1) is 33.8. The number of aliphatic imine (C=N–C) groups is 2. The fraction of sp³-hybridized carbons (Fsp3) is 0.0690. The number of primary sulfonamides is 1. The third-order valence-corrected chi connectivity index (χ3v) is 13.8. The Kier molecular flexibility index (Phi) is 16.5. The molecule has 0 saturated heterocycles. The third kappa shape index (κ3) is 13.2. The van der Waals surface area contributed by atoms with Crippen LogP contribution >= 0.6 is 22.7 Å². The van der Waals surface area contributed by atoms with E-state index >= 15 is 0 Å². The number of fused-ring (bicyclic) bond motifs is 2. The SMILES string of the molecule is C.C=C(Nc1ccc(-c2cn3ccccc3n2)cc1)c1ccccc1C.C=C1C(=CNc2ccc(S(N)(=O)=O)cc2)C(=O)c2ccccc21.Cc1ccc(C=Nc2ccc(N=Cc3ccc(C)s3)cc2)s1. The average Bonchev–Trinajstić information content (AvgIpc) is 4.16. The Labute approximate surface area is 423 Å². The van der Waals surface area contributed by atoms with E-state index in [4.69, 9.17) is 5.14 Å². The largest absolute Gasteiger partial charge is 0.361 e. The van der Waals surface area contributed by atoms with Crippen LogP contribution < -0.4 is 15.8 Å². The fourth-order valence-corrected chi connectivity index (χ4v) is 9.33. The van der Waals surface area contributed by atoms with Gasteiger partial charge in [0.2, 0.25) is 10.0 Å². The second-order valence-electron chi connectivity index (χ2n) is 16.1. The highest BCUT2D eigenvalue weighted by Crippen LogP contribution is 2.35. The summed E-state index contributed by atoms with van der Waals surface area (Å²) in [6.07, 6.45) is 9.45. The van der Waals surface area contributed by atoms with Crippen LogP contribution in [-0.4, -0.2) is 36.0 Å². The minimum absolute atomic E-state index is 0. The molecule has 0 atom stereocenters. The molecule has 4 heterocycles. The number of hydrogen-bond donors (Lipinski definition) is 3. The summed E-state index contributed by atoms with van der Waals surface area (Å²) in [5, 5.41) is 11.4. The molecular weight excluding hydrogens is 939 g/mol. The van der Waals surface area contributed by atoms with E-state index in [1.54, 1.807) is 47.1 Å². The van der Waals surface area contributed by atoms with E-state index in [1.807, 2.05) is 102 Å². The summed E-state index contributed by atoms with van der Waals surface area (Å²) in [6, 6.07) is 52.1. The Hall–Kier alpha value is -8.07. The standard InChI is InChI=1S/C22H19N3.C18H16N2S2.C17H14N2O3S.CH4/c1-16-7-3-4-8-20(16)17(2)23-19-12-10-18(11-13-19)21-15-25-14-6-5-9-22(25)24-21;1-13-3-9-17(21-13)11-19-15-5-7-16(8-6-15)20-12-18-10-4-14(2)22-18;1-11-14-4-2-3-5-15(14)17(20)16(11)10-19-12-6-8-13(9-7-12)23(18,21)22;/h3-15,23H,2H2,1H3;3-12H,1-2H3;2-10,19H,1H2,(H2,18,21,22);1H4. The topological polar surface area (TPSA) is 143 Å². The number of carbonyl (C=O) groups is 1. The Morgan fingerprint density at radius 2 is 1.25 bits per heavy atom. The van der Waals surface area contributed by atoms with Crippen molar-refractivity contribution in [2.24, 2.45) is 15.1 Å². The van der Waals surface area contributed by atoms with Crippen molar-refractivity contribution in [1.82, 2.24) is 9.38 Å². The molecule has 0 saturated carbocycles. The second kappa shape index (κ2) is 23.0. The number of thiophene rings is 2. The van der Waals surface area contributed by atoms with Gasteiger partial charge >= 0.3 is 0 Å². The zero-order chi connectivity index (χ0) is 49.2. The lowest BCUT2D eigenvalue weighted by Crippen LogP contribution is -2.11. The van der Waals surface area contributed by atoms with Gasteiger partial charge in [0.05, 0.1) is 22.0 Å². The van der Waals surface area contributed by atoms with E-state index in [1.165, 1.54) is 37.2 Å². The minimum atomic E-state index is -3.72. The van der Waals surface area contributed by atoms with Crippen LogP contribution in [0.5, 0.6) is 0 Å². The number of hydrogen-bond acceptors (Lipinski definition) is 10. The van der Waals surface area contributed by atoms with Crippen LogP contribution in [-0.2, 0) is 10.0 Å². The first kappa shape index (κ1) is 50.8. The maximum Gasteiger partial charge on any atom is 0.238 e. The Balaban J connectivity index is 0.000000156. The van der Waals surface area contributed by atoms with Gasteiger partial charge in [0.15, 0.2) is 5.78 Å². The van der Waals surface area contributed by atoms with Gasteiger partial charge in [-0.1, -0.05) is 87.3 Å². The van der Waals surface area contributed by atoms with Crippen LogP contribution in [0, 0.1) is 20.8 Å². The van der Waals surface area contributed by atoms with Crippen LogP contribution in [0.2, 0.25) is 0 Å². The molecule has 5 aromatic carbocycles. The van der Waals surface area contributed by atoms with Gasteiger partial charge in [-0.05, 0) is 135 Å². The zero-order valence-corrected chi connectivity index (χ0v) is 41.2. The van der Waals surface area contributed by atoms with Gasteiger partial charge in [-0.3, -0.25) is 14.8 Å². The predicted octanol–water partition coefficient (Wildman–Crippen LogP) is 14.5. The van der Waals surface area contributed by atoms with Crippen LogP contribution in [0.3, 0.4) is 0 Å². The number of imidazole rings is 1. The van der Waals surface area contributed by atoms with Crippen molar-refractivity contribution in [3.63, 3.8) is 0 Å². The zero-order valence-electron chi connectivity index (χ0n) is 38.7. The number of nitrogens with zero attached hydrogens (tertiary/aromatic N) is 4. The van der Waals surface area contributed by atoms with Crippen molar-refractivity contribution in [2.75, 3.05) is 10.6 Å². The lowest BCUT2D eigenvalue weighted by atomic mass is 10.1. The maximum atomic E-state index is 12.3. The van der Waals surface area contributed by atoms with Crippen LogP contribution in [0.1, 0.15) is 54.0 Å². The molecule has 0 amide bonds. The Bertz CT molecular complexity index is 3410. The number of nitrogens with one attached hydrogen (secondary N) is 2. The number of pyridine rings is 1. The number of carbonyl (C=O) groups excluding carboxylic acids is 1. The molecule has 71 heavy (non-hydrogen) atoms. The average molecular weight is 992 g/mol. The number of rotatable bonds is 11. The summed E-state index contributed by atoms with van der Waals surface area (Å²) in [5.74, 6) is -0.0840. The highest BCUT2D eigenvalue weighted by atomic mass is 32.2. The van der Waals surface area contributed by atoms with Gasteiger partial charge in [0.1, 0.15) is 5.65 Å². The van der Waals surface area contributed by atoms with E-state index in [9.17, 15) is 13.2 Å². The van der Waals surface area contributed by atoms with Crippen LogP contribution in [0.15, 0.2) is 216 Å². The monoisotopic (exact) mass is 991 g/mol. The second-order valence-corrected chi connectivity index (χ2v) is 20.3. The van der Waals surface area contributed by atoms with Crippen molar-refractivity contribution < 1.29 is 13.2 Å². The molecule has 9 aromatic rings. The summed E-state index contributed by atoms with van der Waals surface area (Å²) in [4.78, 5) is 31.0. The lowest BCUT2D eigenvalue weighted by molar-refractivity contribution is 0.104. The highest BCUT2D eigenvalue weighted by Gasteiger charge is 2.27. The molecule has 356 valence electrons. The molecule has 0 unspecified atom stereocenters. The van der Waals surface area contributed by atoms with Gasteiger partial charge < -0.3 is 15.0 Å². The molecule has 4 N–H and O–H groups in total. The van der Waals surface area contributed by atoms with Gasteiger partial charge in [-0.25, -0.2) is 18.5 Å². The Morgan fingerprint density at radius 3 is 1.80 bits per heavy atom. The molecule has 0 spiro atoms. The molecule has 0 radical (unpaired) electrons. The number of anilines is 2. The molecule has 0 aliphatic heterocycles. The summed E-state index contributed by atoms with van der Waals surface area (Å²) >= 11 is 3.49. The number of aromatic nitrogens is 2. The number of allylic oxidation sites excluding steroid dienone is 2. The summed E-state index contributed by atoms with van der Waals surface area (Å²) in [5.41, 5.74) is 12.4. The van der Waals surface area contributed by atoms with Gasteiger partial charge in [-0.2, -0.15) is 0 Å². The van der Waals surface area contributed by atoms with Gasteiger partial charge in [0, 0.05) is 89.9 Å². The normalized spacial score (nSPS) is 12.5. The van der Waals surface area contributed by atoms with Gasteiger partial charge in [0.25, 0.3) is 0 Å². The molecule has 0 fully saturated rings. The van der Waals surface area contributed by atoms with E-state index in [-0.39, 0.29) is 18.1 Å². The molecule has 10 rings (SSSR count). The van der Waals surface area contributed by atoms with Crippen LogP contribution in [0.4, 0.5) is 22.7 Å². The number of nitrogens with two attached hydrogens (primary N) is 1. The molecule has 10 nitrogen and oxygen atoms in total. The molecule has 1 aliphatic carbocycles. The van der Waals surface area contributed by atoms with Crippen molar-refractivity contribution in [3.8, 4) is 11.3 Å². The van der Waals surface area contributed by atoms with Crippen molar-refractivity contribution in [2.45, 2.75) is 33.1 Å². The number of ketones is 1. The third-order valence-electron chi connectivity index (χ3n) is 11.0. The van der Waals surface area contributed by atoms with Crippen molar-refractivity contribution in [1.29, 1.82) is 0 Å². The molecule has 1 aliphatic rings. The van der Waals surface area contributed by atoms with E-state index in [0.29, 0.717) is 22.4 Å². The van der Waals surface area contributed by atoms with Crippen molar-refractivity contribution in [3.05, 3.63) is 243 Å². The molecular formula is C58H53N7O3S3. The Morgan fingerprint density at radius 1 is 0.690 bits per heavy atom. The first-order valence-corrected chi connectivity index (χ1v) is 25.3. The van der Waals surface area contributed by atoms with E-state index in [0.717, 1.165) is 50.8 Å². The van der Waals surface area contributed by atoms with Gasteiger partial charge in [-0.15, -0.1) is 22.7 Å². The predicted molar refractivity (Wildman–Crippen MR) is 300 cm³/mol. The minimum Gasteiger partial charge on any atom is -0.361 e.